The highest BCUT2D eigenvalue weighted by Gasteiger charge is 2.12. The quantitative estimate of drug-likeness (QED) is 0.239. The summed E-state index contributed by atoms with van der Waals surface area (Å²) in [7, 11) is 3.47. The van der Waals surface area contributed by atoms with Crippen LogP contribution in [0.4, 0.5) is 0 Å². The molecule has 4 rings (SSSR count). The Balaban J connectivity index is 1.27. The third kappa shape index (κ3) is 6.08. The smallest absolute Gasteiger partial charge is 0.209 e. The summed E-state index contributed by atoms with van der Waals surface area (Å²) in [5.74, 6) is 2.85. The van der Waals surface area contributed by atoms with Gasteiger partial charge in [-0.25, -0.2) is 4.68 Å². The van der Waals surface area contributed by atoms with E-state index in [9.17, 15) is 0 Å². The summed E-state index contributed by atoms with van der Waals surface area (Å²) in [5.41, 5.74) is 3.17. The number of hydrogen-bond donors (Lipinski definition) is 1. The van der Waals surface area contributed by atoms with Gasteiger partial charge in [-0.2, -0.15) is 4.68 Å². The van der Waals surface area contributed by atoms with Gasteiger partial charge in [0.05, 0.1) is 12.8 Å². The lowest BCUT2D eigenvalue weighted by Crippen LogP contribution is -2.15. The Kier molecular flexibility index (Phi) is 8.04. The predicted octanol–water partition coefficient (Wildman–Crippen LogP) is 2.35. The highest BCUT2D eigenvalue weighted by atomic mass is 32.2. The van der Waals surface area contributed by atoms with Crippen molar-refractivity contribution in [3.63, 3.8) is 0 Å². The van der Waals surface area contributed by atoms with E-state index in [1.807, 2.05) is 56.4 Å². The maximum absolute atomic E-state index is 5.99. The van der Waals surface area contributed by atoms with E-state index in [4.69, 9.17) is 9.47 Å². The Bertz CT molecular complexity index is 1190. The molecule has 0 amide bonds. The fourth-order valence-corrected chi connectivity index (χ4v) is 3.99. The first-order valence-electron chi connectivity index (χ1n) is 10.8. The maximum atomic E-state index is 5.99. The van der Waals surface area contributed by atoms with E-state index in [0.717, 1.165) is 41.7 Å². The number of thioether (sulfide) groups is 1. The molecule has 0 saturated heterocycles. The molecule has 1 N–H and O–H groups in total. The van der Waals surface area contributed by atoms with E-state index in [-0.39, 0.29) is 6.61 Å². The minimum atomic E-state index is 0.216. The van der Waals surface area contributed by atoms with Crippen molar-refractivity contribution in [1.29, 1.82) is 0 Å². The van der Waals surface area contributed by atoms with E-state index >= 15 is 0 Å². The van der Waals surface area contributed by atoms with Gasteiger partial charge in [-0.3, -0.25) is 0 Å². The third-order valence-electron chi connectivity index (χ3n) is 5.04. The van der Waals surface area contributed by atoms with Crippen molar-refractivity contribution in [3.8, 4) is 17.2 Å². The Morgan fingerprint density at radius 2 is 1.82 bits per heavy atom. The second-order valence-corrected chi connectivity index (χ2v) is 8.64. The molecule has 0 saturated carbocycles. The van der Waals surface area contributed by atoms with Gasteiger partial charge in [0.15, 0.2) is 23.9 Å². The minimum absolute atomic E-state index is 0.216. The molecule has 2 heterocycles. The zero-order valence-electron chi connectivity index (χ0n) is 19.4. The molecule has 0 unspecified atom stereocenters. The van der Waals surface area contributed by atoms with Gasteiger partial charge in [-0.15, -0.1) is 10.2 Å². The van der Waals surface area contributed by atoms with Crippen LogP contribution in [0.1, 0.15) is 23.4 Å². The number of hydrogen-bond acceptors (Lipinski definition) is 10. The van der Waals surface area contributed by atoms with E-state index in [0.29, 0.717) is 17.3 Å². The predicted molar refractivity (Wildman–Crippen MR) is 127 cm³/mol. The largest absolute Gasteiger partial charge is 0.493 e. The number of ether oxygens (including phenoxy) is 2. The Labute approximate surface area is 201 Å². The molecule has 2 aromatic carbocycles. The van der Waals surface area contributed by atoms with Gasteiger partial charge < -0.3 is 14.8 Å². The molecule has 12 heteroatoms. The molecule has 34 heavy (non-hydrogen) atoms. The molecule has 0 fully saturated rings. The minimum Gasteiger partial charge on any atom is -0.493 e. The molecule has 0 bridgehead atoms. The standard InChI is InChI=1S/C22H27N9O2S/c1-16-5-8-18(9-6-16)31-21(24-26-29-31)15-33-19-10-7-17(13-20(19)32-3)14-23-11-4-12-34-22-25-27-28-30(22)2/h5-10,13,23H,4,11-12,14-15H2,1-3H3. The topological polar surface area (TPSA) is 118 Å². The van der Waals surface area contributed by atoms with E-state index < -0.39 is 0 Å². The number of rotatable bonds is 12. The number of benzene rings is 2. The number of tetrazole rings is 2. The normalized spacial score (nSPS) is 11.0. The maximum Gasteiger partial charge on any atom is 0.209 e. The fraction of sp³-hybridized carbons (Fsp3) is 0.364. The first-order chi connectivity index (χ1) is 16.6. The van der Waals surface area contributed by atoms with Crippen LogP contribution in [0.15, 0.2) is 47.6 Å². The number of nitrogens with one attached hydrogen (secondary N) is 1. The van der Waals surface area contributed by atoms with Crippen molar-refractivity contribution in [2.24, 2.45) is 7.05 Å². The fourth-order valence-electron chi connectivity index (χ4n) is 3.20. The van der Waals surface area contributed by atoms with Crippen LogP contribution >= 0.6 is 11.8 Å². The second kappa shape index (κ2) is 11.6. The van der Waals surface area contributed by atoms with Crippen LogP contribution in [0.3, 0.4) is 0 Å². The Hall–Kier alpha value is -3.51. The lowest BCUT2D eigenvalue weighted by Gasteiger charge is -2.13. The number of aromatic nitrogens is 8. The van der Waals surface area contributed by atoms with Crippen LogP contribution in [0.5, 0.6) is 11.5 Å². The van der Waals surface area contributed by atoms with Gasteiger partial charge >= 0.3 is 0 Å². The highest BCUT2D eigenvalue weighted by molar-refractivity contribution is 7.99. The van der Waals surface area contributed by atoms with Gasteiger partial charge in [0.1, 0.15) is 0 Å². The molecule has 4 aromatic rings. The number of methoxy groups -OCH3 is 1. The number of aryl methyl sites for hydroxylation is 2. The van der Waals surface area contributed by atoms with Crippen LogP contribution in [0.25, 0.3) is 5.69 Å². The molecule has 0 aliphatic carbocycles. The zero-order chi connectivity index (χ0) is 23.8. The molecule has 0 atom stereocenters. The average Bonchev–Trinajstić information content (AvgIpc) is 3.49. The van der Waals surface area contributed by atoms with Crippen molar-refractivity contribution in [2.45, 2.75) is 31.7 Å². The van der Waals surface area contributed by atoms with E-state index in [2.05, 4.69) is 36.4 Å². The SMILES string of the molecule is COc1cc(CNCCCSc2nnnn2C)ccc1OCc1nnnn1-c1ccc(C)cc1. The molecular weight excluding hydrogens is 454 g/mol. The van der Waals surface area contributed by atoms with Crippen molar-refractivity contribution >= 4 is 11.8 Å². The average molecular weight is 482 g/mol. The molecule has 0 radical (unpaired) electrons. The summed E-state index contributed by atoms with van der Waals surface area (Å²) in [6.45, 7) is 3.88. The summed E-state index contributed by atoms with van der Waals surface area (Å²) >= 11 is 1.65. The summed E-state index contributed by atoms with van der Waals surface area (Å²) in [4.78, 5) is 0. The first-order valence-corrected chi connectivity index (χ1v) is 11.8. The molecule has 0 spiro atoms. The summed E-state index contributed by atoms with van der Waals surface area (Å²) in [5, 5.41) is 27.7. The van der Waals surface area contributed by atoms with Gasteiger partial charge in [0.25, 0.3) is 0 Å². The summed E-state index contributed by atoms with van der Waals surface area (Å²) in [6.07, 6.45) is 1.01. The highest BCUT2D eigenvalue weighted by Crippen LogP contribution is 2.29. The van der Waals surface area contributed by atoms with E-state index in [1.165, 1.54) is 5.56 Å². The first kappa shape index (κ1) is 23.6. The Morgan fingerprint density at radius 1 is 1.00 bits per heavy atom. The third-order valence-corrected chi connectivity index (χ3v) is 6.13. The molecule has 11 nitrogen and oxygen atoms in total. The van der Waals surface area contributed by atoms with Crippen molar-refractivity contribution in [3.05, 3.63) is 59.4 Å². The summed E-state index contributed by atoms with van der Waals surface area (Å²) in [6, 6.07) is 13.9. The Morgan fingerprint density at radius 3 is 2.59 bits per heavy atom. The number of nitrogens with zero attached hydrogens (tertiary/aromatic N) is 8. The van der Waals surface area contributed by atoms with Crippen molar-refractivity contribution < 1.29 is 9.47 Å². The van der Waals surface area contributed by atoms with E-state index in [1.54, 1.807) is 28.2 Å². The lowest BCUT2D eigenvalue weighted by molar-refractivity contribution is 0.273. The molecule has 2 aromatic heterocycles. The van der Waals surface area contributed by atoms with Crippen LogP contribution in [-0.2, 0) is 20.2 Å². The summed E-state index contributed by atoms with van der Waals surface area (Å²) < 4.78 is 14.9. The van der Waals surface area contributed by atoms with Crippen LogP contribution in [0, 0.1) is 6.92 Å². The zero-order valence-corrected chi connectivity index (χ0v) is 20.2. The monoisotopic (exact) mass is 481 g/mol. The molecule has 0 aliphatic heterocycles. The van der Waals surface area contributed by atoms with Gasteiger partial charge in [0.2, 0.25) is 5.16 Å². The van der Waals surface area contributed by atoms with Gasteiger partial charge in [-0.05, 0) is 70.6 Å². The van der Waals surface area contributed by atoms with Crippen LogP contribution in [-0.4, -0.2) is 59.8 Å². The molecular formula is C22H27N9O2S. The van der Waals surface area contributed by atoms with Crippen molar-refractivity contribution in [2.75, 3.05) is 19.4 Å². The van der Waals surface area contributed by atoms with Crippen molar-refractivity contribution in [1.82, 2.24) is 45.7 Å². The second-order valence-electron chi connectivity index (χ2n) is 7.58. The van der Waals surface area contributed by atoms with Gasteiger partial charge in [-0.1, -0.05) is 35.5 Å². The van der Waals surface area contributed by atoms with Crippen LogP contribution in [0.2, 0.25) is 0 Å². The van der Waals surface area contributed by atoms with Crippen LogP contribution < -0.4 is 14.8 Å². The lowest BCUT2D eigenvalue weighted by atomic mass is 10.2. The van der Waals surface area contributed by atoms with Gasteiger partial charge in [0, 0.05) is 19.3 Å². The molecule has 0 aliphatic rings. The molecule has 178 valence electrons.